The number of hydrogen-bond acceptors (Lipinski definition) is 3. The van der Waals surface area contributed by atoms with E-state index in [9.17, 15) is 0 Å². The summed E-state index contributed by atoms with van der Waals surface area (Å²) in [4.78, 5) is 2.66. The number of ether oxygens (including phenoxy) is 1. The third kappa shape index (κ3) is 3.67. The zero-order valence-electron chi connectivity index (χ0n) is 11.5. The van der Waals surface area contributed by atoms with Crippen LogP contribution < -0.4 is 5.32 Å². The van der Waals surface area contributed by atoms with Crippen LogP contribution in [-0.4, -0.2) is 50.8 Å². The van der Waals surface area contributed by atoms with E-state index in [0.29, 0.717) is 0 Å². The Morgan fingerprint density at radius 1 is 1.29 bits per heavy atom. The molecule has 2 aliphatic rings. The van der Waals surface area contributed by atoms with E-state index in [4.69, 9.17) is 4.74 Å². The van der Waals surface area contributed by atoms with Crippen molar-refractivity contribution in [2.75, 3.05) is 39.9 Å². The molecule has 0 aromatic heterocycles. The lowest BCUT2D eigenvalue weighted by molar-refractivity contribution is 0.150. The second-order valence-electron chi connectivity index (χ2n) is 5.72. The lowest BCUT2D eigenvalue weighted by Crippen LogP contribution is -2.38. The molecule has 1 aliphatic carbocycles. The topological polar surface area (TPSA) is 24.5 Å². The van der Waals surface area contributed by atoms with Crippen LogP contribution in [0.25, 0.3) is 0 Å². The maximum absolute atomic E-state index is 5.26. The molecule has 1 heterocycles. The fourth-order valence-electron chi connectivity index (χ4n) is 3.57. The highest BCUT2D eigenvalue weighted by atomic mass is 16.5. The summed E-state index contributed by atoms with van der Waals surface area (Å²) in [5.74, 6) is 1.66. The van der Waals surface area contributed by atoms with E-state index in [0.717, 1.165) is 31.0 Å². The van der Waals surface area contributed by atoms with Gasteiger partial charge in [-0.2, -0.15) is 0 Å². The average Bonchev–Trinajstić information content (AvgIpc) is 2.91. The second-order valence-corrected chi connectivity index (χ2v) is 5.72. The molecule has 2 rings (SSSR count). The summed E-state index contributed by atoms with van der Waals surface area (Å²) >= 11 is 0. The molecule has 0 radical (unpaired) electrons. The Bertz CT molecular complexity index is 222. The third-order valence-corrected chi connectivity index (χ3v) is 4.39. The molecule has 0 spiro atoms. The van der Waals surface area contributed by atoms with Gasteiger partial charge >= 0.3 is 0 Å². The van der Waals surface area contributed by atoms with Crippen molar-refractivity contribution < 1.29 is 4.74 Å². The van der Waals surface area contributed by atoms with Gasteiger partial charge in [0.1, 0.15) is 0 Å². The number of nitrogens with zero attached hydrogens (tertiary/aromatic N) is 1. The van der Waals surface area contributed by atoms with Crippen LogP contribution in [0.5, 0.6) is 0 Å². The van der Waals surface area contributed by atoms with Crippen molar-refractivity contribution in [3.63, 3.8) is 0 Å². The van der Waals surface area contributed by atoms with Gasteiger partial charge in [-0.3, -0.25) is 0 Å². The van der Waals surface area contributed by atoms with Crippen LogP contribution in [0.4, 0.5) is 0 Å². The summed E-state index contributed by atoms with van der Waals surface area (Å²) < 4.78 is 5.26. The van der Waals surface area contributed by atoms with E-state index in [1.54, 1.807) is 0 Å². The molecule has 17 heavy (non-hydrogen) atoms. The molecular weight excluding hydrogens is 212 g/mol. The standard InChI is InChI=1S/C14H28N2O/c1-3-15-14-6-4-5-13(14)10-16-8-7-12(9-16)11-17-2/h12-15H,3-11H2,1-2H3. The molecule has 100 valence electrons. The van der Waals surface area contributed by atoms with E-state index >= 15 is 0 Å². The van der Waals surface area contributed by atoms with Gasteiger partial charge in [-0.05, 0) is 44.2 Å². The Hall–Kier alpha value is -0.120. The molecule has 0 amide bonds. The van der Waals surface area contributed by atoms with Gasteiger partial charge in [0.2, 0.25) is 0 Å². The van der Waals surface area contributed by atoms with Gasteiger partial charge in [-0.1, -0.05) is 13.3 Å². The first kappa shape index (κ1) is 13.3. The summed E-state index contributed by atoms with van der Waals surface area (Å²) in [6.45, 7) is 8.12. The molecule has 1 N–H and O–H groups in total. The van der Waals surface area contributed by atoms with Crippen molar-refractivity contribution >= 4 is 0 Å². The summed E-state index contributed by atoms with van der Waals surface area (Å²) in [6, 6.07) is 0.779. The first-order valence-corrected chi connectivity index (χ1v) is 7.28. The lowest BCUT2D eigenvalue weighted by Gasteiger charge is -2.25. The maximum Gasteiger partial charge on any atom is 0.0503 e. The number of nitrogens with one attached hydrogen (secondary N) is 1. The SMILES string of the molecule is CCNC1CCCC1CN1CCC(COC)C1. The molecular formula is C14H28N2O. The van der Waals surface area contributed by atoms with Gasteiger partial charge < -0.3 is 15.0 Å². The predicted molar refractivity (Wildman–Crippen MR) is 71.2 cm³/mol. The molecule has 1 saturated carbocycles. The highest BCUT2D eigenvalue weighted by Gasteiger charge is 2.30. The van der Waals surface area contributed by atoms with Crippen LogP contribution >= 0.6 is 0 Å². The predicted octanol–water partition coefficient (Wildman–Crippen LogP) is 1.73. The summed E-state index contributed by atoms with van der Waals surface area (Å²) in [5, 5.41) is 3.65. The summed E-state index contributed by atoms with van der Waals surface area (Å²) in [6.07, 6.45) is 5.54. The smallest absolute Gasteiger partial charge is 0.0503 e. The van der Waals surface area contributed by atoms with Crippen LogP contribution in [0.2, 0.25) is 0 Å². The largest absolute Gasteiger partial charge is 0.384 e. The normalized spacial score (nSPS) is 34.6. The average molecular weight is 240 g/mol. The van der Waals surface area contributed by atoms with Crippen LogP contribution in [0, 0.1) is 11.8 Å². The van der Waals surface area contributed by atoms with Crippen molar-refractivity contribution in [2.24, 2.45) is 11.8 Å². The second kappa shape index (κ2) is 6.72. The highest BCUT2D eigenvalue weighted by molar-refractivity contribution is 4.87. The Kier molecular flexibility index (Phi) is 5.26. The summed E-state index contributed by atoms with van der Waals surface area (Å²) in [5.41, 5.74) is 0. The fraction of sp³-hybridized carbons (Fsp3) is 1.00. The van der Waals surface area contributed by atoms with E-state index in [1.807, 2.05) is 7.11 Å². The number of likely N-dealkylation sites (tertiary alicyclic amines) is 1. The Balaban J connectivity index is 1.73. The minimum absolute atomic E-state index is 0.777. The zero-order chi connectivity index (χ0) is 12.1. The van der Waals surface area contributed by atoms with Crippen molar-refractivity contribution in [3.8, 4) is 0 Å². The Morgan fingerprint density at radius 3 is 2.94 bits per heavy atom. The molecule has 1 aliphatic heterocycles. The van der Waals surface area contributed by atoms with E-state index in [1.165, 1.54) is 45.3 Å². The van der Waals surface area contributed by atoms with Crippen LogP contribution in [0.1, 0.15) is 32.6 Å². The van der Waals surface area contributed by atoms with Crippen LogP contribution in [0.15, 0.2) is 0 Å². The molecule has 0 aromatic carbocycles. The number of hydrogen-bond donors (Lipinski definition) is 1. The molecule has 3 heteroatoms. The highest BCUT2D eigenvalue weighted by Crippen LogP contribution is 2.28. The lowest BCUT2D eigenvalue weighted by atomic mass is 10.0. The van der Waals surface area contributed by atoms with Crippen molar-refractivity contribution in [1.29, 1.82) is 0 Å². The van der Waals surface area contributed by atoms with Gasteiger partial charge in [0.05, 0.1) is 6.61 Å². The van der Waals surface area contributed by atoms with E-state index < -0.39 is 0 Å². The molecule has 3 nitrogen and oxygen atoms in total. The number of methoxy groups -OCH3 is 1. The van der Waals surface area contributed by atoms with Crippen molar-refractivity contribution in [1.82, 2.24) is 10.2 Å². The molecule has 2 fully saturated rings. The zero-order valence-corrected chi connectivity index (χ0v) is 11.5. The quantitative estimate of drug-likeness (QED) is 0.765. The van der Waals surface area contributed by atoms with Crippen molar-refractivity contribution in [2.45, 2.75) is 38.6 Å². The fourth-order valence-corrected chi connectivity index (χ4v) is 3.57. The molecule has 3 atom stereocenters. The van der Waals surface area contributed by atoms with Gasteiger partial charge in [0.15, 0.2) is 0 Å². The van der Waals surface area contributed by atoms with Gasteiger partial charge in [-0.15, -0.1) is 0 Å². The van der Waals surface area contributed by atoms with Crippen LogP contribution in [-0.2, 0) is 4.74 Å². The maximum atomic E-state index is 5.26. The first-order valence-electron chi connectivity index (χ1n) is 7.28. The minimum Gasteiger partial charge on any atom is -0.384 e. The van der Waals surface area contributed by atoms with Gasteiger partial charge in [0, 0.05) is 26.2 Å². The summed E-state index contributed by atoms with van der Waals surface area (Å²) in [7, 11) is 1.82. The van der Waals surface area contributed by atoms with Gasteiger partial charge in [-0.25, -0.2) is 0 Å². The number of rotatable bonds is 6. The van der Waals surface area contributed by atoms with Crippen molar-refractivity contribution in [3.05, 3.63) is 0 Å². The third-order valence-electron chi connectivity index (χ3n) is 4.39. The van der Waals surface area contributed by atoms with E-state index in [-0.39, 0.29) is 0 Å². The Morgan fingerprint density at radius 2 is 2.18 bits per heavy atom. The Labute approximate surface area is 106 Å². The van der Waals surface area contributed by atoms with Crippen LogP contribution in [0.3, 0.4) is 0 Å². The minimum atomic E-state index is 0.777. The first-order chi connectivity index (χ1) is 8.33. The molecule has 0 aromatic rings. The van der Waals surface area contributed by atoms with Gasteiger partial charge in [0.25, 0.3) is 0 Å². The molecule has 3 unspecified atom stereocenters. The van der Waals surface area contributed by atoms with E-state index in [2.05, 4.69) is 17.1 Å². The molecule has 1 saturated heterocycles. The molecule has 0 bridgehead atoms. The monoisotopic (exact) mass is 240 g/mol.